The zero-order valence-corrected chi connectivity index (χ0v) is 38.3. The lowest BCUT2D eigenvalue weighted by molar-refractivity contribution is 0.660. The highest BCUT2D eigenvalue weighted by atomic mass is 32.1. The van der Waals surface area contributed by atoms with Gasteiger partial charge in [0.25, 0.3) is 0 Å². The summed E-state index contributed by atoms with van der Waals surface area (Å²) >= 11 is 1.85. The average Bonchev–Trinajstić information content (AvgIpc) is 4.01. The molecule has 0 spiro atoms. The number of aromatic nitrogens is 1. The lowest BCUT2D eigenvalue weighted by Crippen LogP contribution is -2.16. The summed E-state index contributed by atoms with van der Waals surface area (Å²) in [5, 5.41) is 20.9. The average molecular weight is 884 g/mol. The summed E-state index contributed by atoms with van der Waals surface area (Å²) in [5.41, 5.74) is 16.6. The second-order valence-electron chi connectivity index (χ2n) is 18.8. The Kier molecular flexibility index (Phi) is 8.26. The zero-order chi connectivity index (χ0) is 45.3. The second-order valence-corrected chi connectivity index (χ2v) is 19.9. The largest absolute Gasteiger partial charge is 0.310 e. The minimum absolute atomic E-state index is 0.184. The van der Waals surface area contributed by atoms with Crippen molar-refractivity contribution in [1.82, 2.24) is 4.57 Å². The van der Waals surface area contributed by atoms with Crippen molar-refractivity contribution in [2.75, 3.05) is 4.90 Å². The minimum atomic E-state index is -0.184. The molecule has 0 atom stereocenters. The van der Waals surface area contributed by atoms with E-state index in [-0.39, 0.29) is 5.41 Å². The Morgan fingerprint density at radius 3 is 1.91 bits per heavy atom. The second kappa shape index (κ2) is 14.5. The fraction of sp³-hybridized carbons (Fsp3) is 0.0469. The maximum Gasteiger partial charge on any atom is 0.0992 e. The van der Waals surface area contributed by atoms with Gasteiger partial charge in [0.1, 0.15) is 0 Å². The fourth-order valence-electron chi connectivity index (χ4n) is 11.6. The predicted octanol–water partition coefficient (Wildman–Crippen LogP) is 17.9. The Morgan fingerprint density at radius 1 is 0.426 bits per heavy atom. The van der Waals surface area contributed by atoms with Crippen molar-refractivity contribution in [2.24, 2.45) is 0 Å². The van der Waals surface area contributed by atoms with Gasteiger partial charge in [-0.2, -0.15) is 5.26 Å². The molecule has 0 unspecified atom stereocenters. The Hall–Kier alpha value is -8.49. The number of hydrogen-bond donors (Lipinski definition) is 0. The minimum Gasteiger partial charge on any atom is -0.310 e. The standard InChI is InChI=1S/C64H41N3S/c1-64(2)56-20-10-8-17-50(56)51-29-28-46(37-57(51)64)66(45-26-23-40(24-27-45)41-25-30-59-54(34-41)52-18-9-11-21-58(52)67(59)44-13-4-3-5-14-44)47-32-39(38-65)31-42(33-47)43-35-55-49-16-7-6-15-48(49)53-19-12-22-60-62(53)63(55)61(36-43)68-60/h3-37H,1-2H3. The molecule has 1 aliphatic rings. The van der Waals surface area contributed by atoms with Gasteiger partial charge >= 0.3 is 0 Å². The first kappa shape index (κ1) is 38.7. The Morgan fingerprint density at radius 2 is 1.07 bits per heavy atom. The monoisotopic (exact) mass is 883 g/mol. The summed E-state index contributed by atoms with van der Waals surface area (Å²) in [6.07, 6.45) is 0. The van der Waals surface area contributed by atoms with Crippen molar-refractivity contribution in [3.05, 3.63) is 229 Å². The van der Waals surface area contributed by atoms with Gasteiger partial charge in [-0.15, -0.1) is 11.3 Å². The molecule has 0 fully saturated rings. The van der Waals surface area contributed by atoms with Crippen LogP contribution >= 0.6 is 11.3 Å². The summed E-state index contributed by atoms with van der Waals surface area (Å²) in [7, 11) is 0. The number of para-hydroxylation sites is 2. The third kappa shape index (κ3) is 5.64. The third-order valence-corrected chi connectivity index (χ3v) is 15.8. The van der Waals surface area contributed by atoms with Crippen molar-refractivity contribution in [3.63, 3.8) is 0 Å². The molecule has 0 saturated carbocycles. The van der Waals surface area contributed by atoms with Gasteiger partial charge in [-0.25, -0.2) is 0 Å². The molecule has 4 heteroatoms. The van der Waals surface area contributed by atoms with Crippen LogP contribution in [0.2, 0.25) is 0 Å². The van der Waals surface area contributed by atoms with Crippen molar-refractivity contribution >= 4 is 91.9 Å². The summed E-state index contributed by atoms with van der Waals surface area (Å²) in [5.74, 6) is 0. The van der Waals surface area contributed by atoms with Crippen LogP contribution in [0.25, 0.3) is 103 Å². The van der Waals surface area contributed by atoms with E-state index in [2.05, 4.69) is 236 Å². The summed E-state index contributed by atoms with van der Waals surface area (Å²) in [6.45, 7) is 4.67. The number of nitriles is 1. The molecule has 0 amide bonds. The van der Waals surface area contributed by atoms with E-state index in [1.807, 2.05) is 17.4 Å². The van der Waals surface area contributed by atoms with Crippen molar-refractivity contribution < 1.29 is 0 Å². The van der Waals surface area contributed by atoms with Crippen LogP contribution in [-0.4, -0.2) is 4.57 Å². The van der Waals surface area contributed by atoms with Gasteiger partial charge in [0.05, 0.1) is 22.7 Å². The molecule has 0 saturated heterocycles. The van der Waals surface area contributed by atoms with E-state index in [0.717, 1.165) is 45.0 Å². The van der Waals surface area contributed by atoms with Crippen molar-refractivity contribution in [2.45, 2.75) is 19.3 Å². The molecule has 0 bridgehead atoms. The van der Waals surface area contributed by atoms with E-state index >= 15 is 0 Å². The number of hydrogen-bond acceptors (Lipinski definition) is 3. The van der Waals surface area contributed by atoms with Crippen LogP contribution in [0.5, 0.6) is 0 Å². The van der Waals surface area contributed by atoms with Crippen LogP contribution in [0.3, 0.4) is 0 Å². The number of nitrogens with zero attached hydrogens (tertiary/aromatic N) is 3. The quantitative estimate of drug-likeness (QED) is 0.156. The van der Waals surface area contributed by atoms with E-state index in [4.69, 9.17) is 0 Å². The predicted molar refractivity (Wildman–Crippen MR) is 288 cm³/mol. The first-order chi connectivity index (χ1) is 33.4. The van der Waals surface area contributed by atoms with E-state index in [1.165, 1.54) is 85.8 Å². The van der Waals surface area contributed by atoms with Gasteiger partial charge in [0.2, 0.25) is 0 Å². The molecule has 14 rings (SSSR count). The van der Waals surface area contributed by atoms with Crippen LogP contribution in [0.15, 0.2) is 212 Å². The van der Waals surface area contributed by atoms with Gasteiger partial charge in [-0.05, 0) is 157 Å². The molecule has 68 heavy (non-hydrogen) atoms. The first-order valence-corrected chi connectivity index (χ1v) is 24.1. The Bertz CT molecular complexity index is 4240. The van der Waals surface area contributed by atoms with Crippen LogP contribution in [0.1, 0.15) is 30.5 Å². The molecule has 0 radical (unpaired) electrons. The van der Waals surface area contributed by atoms with Crippen LogP contribution in [0, 0.1) is 11.3 Å². The van der Waals surface area contributed by atoms with E-state index in [1.54, 1.807) is 0 Å². The zero-order valence-electron chi connectivity index (χ0n) is 37.5. The van der Waals surface area contributed by atoms with Crippen molar-refractivity contribution in [3.8, 4) is 45.1 Å². The number of anilines is 3. The summed E-state index contributed by atoms with van der Waals surface area (Å²) in [6, 6.07) is 80.0. The maximum atomic E-state index is 10.8. The Balaban J connectivity index is 0.939. The fourth-order valence-corrected chi connectivity index (χ4v) is 12.8. The number of thiophene rings is 1. The SMILES string of the molecule is CC1(C)c2ccccc2-c2ccc(N(c3ccc(-c4ccc5c(c4)c4ccccc4n5-c4ccccc4)cc3)c3cc(C#N)cc(-c4cc5sc6cccc7c8ccccc8c(c4)c5c67)c3)cc21. The van der Waals surface area contributed by atoms with Crippen LogP contribution < -0.4 is 4.90 Å². The smallest absolute Gasteiger partial charge is 0.0992 e. The summed E-state index contributed by atoms with van der Waals surface area (Å²) in [4.78, 5) is 2.34. The molecule has 3 nitrogen and oxygen atoms in total. The number of fused-ring (bicyclic) bond motifs is 9. The van der Waals surface area contributed by atoms with E-state index in [0.29, 0.717) is 5.56 Å². The normalized spacial score (nSPS) is 13.0. The molecule has 0 aliphatic heterocycles. The summed E-state index contributed by atoms with van der Waals surface area (Å²) < 4.78 is 4.92. The van der Waals surface area contributed by atoms with Crippen LogP contribution in [-0.2, 0) is 5.41 Å². The van der Waals surface area contributed by atoms with Crippen LogP contribution in [0.4, 0.5) is 17.1 Å². The molecular weight excluding hydrogens is 843 g/mol. The molecule has 2 heterocycles. The topological polar surface area (TPSA) is 32.0 Å². The maximum absolute atomic E-state index is 10.8. The van der Waals surface area contributed by atoms with Gasteiger partial charge in [0, 0.05) is 59.1 Å². The lowest BCUT2D eigenvalue weighted by Gasteiger charge is -2.29. The van der Waals surface area contributed by atoms with Gasteiger partial charge in [-0.1, -0.05) is 135 Å². The third-order valence-electron chi connectivity index (χ3n) is 14.7. The first-order valence-electron chi connectivity index (χ1n) is 23.3. The van der Waals surface area contributed by atoms with Gasteiger partial charge in [-0.3, -0.25) is 0 Å². The van der Waals surface area contributed by atoms with Gasteiger partial charge in [0.15, 0.2) is 0 Å². The molecule has 0 N–H and O–H groups in total. The molecule has 318 valence electrons. The highest BCUT2D eigenvalue weighted by Gasteiger charge is 2.36. The highest BCUT2D eigenvalue weighted by Crippen LogP contribution is 2.52. The van der Waals surface area contributed by atoms with Crippen molar-refractivity contribution in [1.29, 1.82) is 5.26 Å². The lowest BCUT2D eigenvalue weighted by atomic mass is 9.82. The number of rotatable bonds is 6. The Labute approximate surface area is 398 Å². The molecule has 1 aliphatic carbocycles. The number of benzene rings is 11. The van der Waals surface area contributed by atoms with Gasteiger partial charge < -0.3 is 9.47 Å². The highest BCUT2D eigenvalue weighted by molar-refractivity contribution is 7.26. The molecule has 11 aromatic carbocycles. The molecular formula is C64H41N3S. The van der Waals surface area contributed by atoms with E-state index in [9.17, 15) is 5.26 Å². The van der Waals surface area contributed by atoms with E-state index < -0.39 is 0 Å². The molecule has 13 aromatic rings. The molecule has 2 aromatic heterocycles.